The van der Waals surface area contributed by atoms with Crippen molar-refractivity contribution in [1.29, 1.82) is 0 Å². The molecule has 132 valence electrons. The van der Waals surface area contributed by atoms with Crippen LogP contribution in [-0.2, 0) is 23.9 Å². The number of carbonyl (C=O) groups excluding carboxylic acids is 2. The standard InChI is InChI=1S/C18H17F3N2O2/c1-22-17(25)14-4-2-3-13(9-14)11-23-16(24)10-12-5-7-15(8-6-12)18(19,20)21/h2-9H,10-11H2,1H3,(H,22,25)(H,23,24). The Morgan fingerprint density at radius 3 is 2.28 bits per heavy atom. The summed E-state index contributed by atoms with van der Waals surface area (Å²) < 4.78 is 37.5. The van der Waals surface area contributed by atoms with E-state index in [9.17, 15) is 22.8 Å². The summed E-state index contributed by atoms with van der Waals surface area (Å²) in [5, 5.41) is 5.20. The molecule has 2 aromatic carbocycles. The average molecular weight is 350 g/mol. The minimum Gasteiger partial charge on any atom is -0.355 e. The Balaban J connectivity index is 1.92. The number of carbonyl (C=O) groups is 2. The first-order valence-corrected chi connectivity index (χ1v) is 7.53. The van der Waals surface area contributed by atoms with Crippen LogP contribution >= 0.6 is 0 Å². The Bertz CT molecular complexity index is 756. The van der Waals surface area contributed by atoms with Gasteiger partial charge in [-0.15, -0.1) is 0 Å². The number of hydrogen-bond acceptors (Lipinski definition) is 2. The first-order valence-electron chi connectivity index (χ1n) is 7.53. The van der Waals surface area contributed by atoms with E-state index < -0.39 is 11.7 Å². The lowest BCUT2D eigenvalue weighted by Gasteiger charge is -2.09. The summed E-state index contributed by atoms with van der Waals surface area (Å²) in [7, 11) is 1.53. The van der Waals surface area contributed by atoms with Crippen LogP contribution in [-0.4, -0.2) is 18.9 Å². The molecule has 0 radical (unpaired) electrons. The van der Waals surface area contributed by atoms with Crippen LogP contribution in [0.4, 0.5) is 13.2 Å². The van der Waals surface area contributed by atoms with Crippen molar-refractivity contribution in [3.8, 4) is 0 Å². The molecule has 0 fully saturated rings. The summed E-state index contributed by atoms with van der Waals surface area (Å²) in [6.45, 7) is 0.226. The van der Waals surface area contributed by atoms with Crippen molar-refractivity contribution in [3.05, 3.63) is 70.8 Å². The molecule has 0 saturated carbocycles. The third-order valence-electron chi connectivity index (χ3n) is 3.55. The largest absolute Gasteiger partial charge is 0.416 e. The smallest absolute Gasteiger partial charge is 0.355 e. The van der Waals surface area contributed by atoms with E-state index in [0.29, 0.717) is 11.1 Å². The van der Waals surface area contributed by atoms with E-state index in [2.05, 4.69) is 10.6 Å². The van der Waals surface area contributed by atoms with Crippen LogP contribution in [0.15, 0.2) is 48.5 Å². The summed E-state index contributed by atoms with van der Waals surface area (Å²) in [4.78, 5) is 23.5. The molecular weight excluding hydrogens is 333 g/mol. The molecule has 7 heteroatoms. The maximum atomic E-state index is 12.5. The predicted octanol–water partition coefficient (Wildman–Crippen LogP) is 2.92. The number of benzene rings is 2. The predicted molar refractivity (Wildman–Crippen MR) is 86.8 cm³/mol. The Labute approximate surface area is 143 Å². The lowest BCUT2D eigenvalue weighted by molar-refractivity contribution is -0.137. The van der Waals surface area contributed by atoms with Crippen molar-refractivity contribution in [1.82, 2.24) is 10.6 Å². The first kappa shape index (κ1) is 18.5. The highest BCUT2D eigenvalue weighted by molar-refractivity contribution is 5.94. The third-order valence-corrected chi connectivity index (χ3v) is 3.55. The third kappa shape index (κ3) is 5.34. The summed E-state index contributed by atoms with van der Waals surface area (Å²) in [6.07, 6.45) is -4.41. The summed E-state index contributed by atoms with van der Waals surface area (Å²) in [6, 6.07) is 11.3. The van der Waals surface area contributed by atoms with E-state index in [1.54, 1.807) is 24.3 Å². The van der Waals surface area contributed by atoms with Crippen LogP contribution in [0.5, 0.6) is 0 Å². The zero-order valence-electron chi connectivity index (χ0n) is 13.5. The maximum Gasteiger partial charge on any atom is 0.416 e. The van der Waals surface area contributed by atoms with Crippen molar-refractivity contribution in [3.63, 3.8) is 0 Å². The molecule has 0 aliphatic carbocycles. The number of alkyl halides is 3. The van der Waals surface area contributed by atoms with E-state index in [1.807, 2.05) is 0 Å². The quantitative estimate of drug-likeness (QED) is 0.871. The normalized spacial score (nSPS) is 11.0. The van der Waals surface area contributed by atoms with Gasteiger partial charge in [-0.05, 0) is 35.4 Å². The zero-order valence-corrected chi connectivity index (χ0v) is 13.5. The zero-order chi connectivity index (χ0) is 18.4. The van der Waals surface area contributed by atoms with Gasteiger partial charge in [0.25, 0.3) is 5.91 Å². The number of hydrogen-bond donors (Lipinski definition) is 2. The Hall–Kier alpha value is -2.83. The molecule has 0 saturated heterocycles. The van der Waals surface area contributed by atoms with E-state index in [-0.39, 0.29) is 24.8 Å². The van der Waals surface area contributed by atoms with Crippen LogP contribution in [0.2, 0.25) is 0 Å². The highest BCUT2D eigenvalue weighted by Gasteiger charge is 2.29. The highest BCUT2D eigenvalue weighted by Crippen LogP contribution is 2.29. The van der Waals surface area contributed by atoms with Crippen LogP contribution in [0.3, 0.4) is 0 Å². The lowest BCUT2D eigenvalue weighted by Crippen LogP contribution is -2.25. The molecule has 2 aromatic rings. The van der Waals surface area contributed by atoms with Gasteiger partial charge in [-0.25, -0.2) is 0 Å². The molecule has 0 aliphatic rings. The molecule has 2 N–H and O–H groups in total. The minimum atomic E-state index is -4.39. The number of rotatable bonds is 5. The van der Waals surface area contributed by atoms with E-state index in [1.165, 1.54) is 19.2 Å². The van der Waals surface area contributed by atoms with Gasteiger partial charge in [-0.3, -0.25) is 9.59 Å². The fraction of sp³-hybridized carbons (Fsp3) is 0.222. The van der Waals surface area contributed by atoms with Crippen LogP contribution in [0.25, 0.3) is 0 Å². The Morgan fingerprint density at radius 1 is 1.00 bits per heavy atom. The molecular formula is C18H17F3N2O2. The van der Waals surface area contributed by atoms with Gasteiger partial charge in [-0.2, -0.15) is 13.2 Å². The molecule has 4 nitrogen and oxygen atoms in total. The molecule has 0 aromatic heterocycles. The summed E-state index contributed by atoms with van der Waals surface area (Å²) in [5.41, 5.74) is 0.978. The van der Waals surface area contributed by atoms with Crippen LogP contribution < -0.4 is 10.6 Å². The molecule has 0 aliphatic heterocycles. The molecule has 25 heavy (non-hydrogen) atoms. The van der Waals surface area contributed by atoms with Gasteiger partial charge in [0.1, 0.15) is 0 Å². The van der Waals surface area contributed by atoms with Crippen molar-refractivity contribution < 1.29 is 22.8 Å². The second-order valence-electron chi connectivity index (χ2n) is 5.43. The van der Waals surface area contributed by atoms with Gasteiger partial charge in [-0.1, -0.05) is 24.3 Å². The fourth-order valence-corrected chi connectivity index (χ4v) is 2.23. The fourth-order valence-electron chi connectivity index (χ4n) is 2.23. The van der Waals surface area contributed by atoms with Gasteiger partial charge in [0.15, 0.2) is 0 Å². The van der Waals surface area contributed by atoms with Gasteiger partial charge >= 0.3 is 6.18 Å². The van der Waals surface area contributed by atoms with Crippen molar-refractivity contribution in [2.45, 2.75) is 19.1 Å². The van der Waals surface area contributed by atoms with Crippen molar-refractivity contribution in [2.24, 2.45) is 0 Å². The summed E-state index contributed by atoms with van der Waals surface area (Å²) in [5.74, 6) is -0.539. The maximum absolute atomic E-state index is 12.5. The molecule has 0 bridgehead atoms. The monoisotopic (exact) mass is 350 g/mol. The van der Waals surface area contributed by atoms with E-state index in [0.717, 1.165) is 17.7 Å². The van der Waals surface area contributed by atoms with Crippen LogP contribution in [0, 0.1) is 0 Å². The molecule has 0 unspecified atom stereocenters. The number of amides is 2. The lowest BCUT2D eigenvalue weighted by atomic mass is 10.1. The van der Waals surface area contributed by atoms with Gasteiger partial charge < -0.3 is 10.6 Å². The van der Waals surface area contributed by atoms with Gasteiger partial charge in [0.2, 0.25) is 5.91 Å². The average Bonchev–Trinajstić information content (AvgIpc) is 2.59. The molecule has 0 spiro atoms. The minimum absolute atomic E-state index is 0.0206. The van der Waals surface area contributed by atoms with Crippen LogP contribution in [0.1, 0.15) is 27.0 Å². The molecule has 2 rings (SSSR count). The van der Waals surface area contributed by atoms with Crippen molar-refractivity contribution in [2.75, 3.05) is 7.05 Å². The molecule has 0 heterocycles. The number of halogens is 3. The summed E-state index contributed by atoms with van der Waals surface area (Å²) >= 11 is 0. The first-order chi connectivity index (χ1) is 11.8. The Morgan fingerprint density at radius 2 is 1.68 bits per heavy atom. The Kier molecular flexibility index (Phi) is 5.80. The van der Waals surface area contributed by atoms with Gasteiger partial charge in [0, 0.05) is 19.2 Å². The SMILES string of the molecule is CNC(=O)c1cccc(CNC(=O)Cc2ccc(C(F)(F)F)cc2)c1. The van der Waals surface area contributed by atoms with Gasteiger partial charge in [0.05, 0.1) is 12.0 Å². The molecule has 0 atom stereocenters. The molecule has 2 amide bonds. The second-order valence-corrected chi connectivity index (χ2v) is 5.43. The highest BCUT2D eigenvalue weighted by atomic mass is 19.4. The van der Waals surface area contributed by atoms with E-state index in [4.69, 9.17) is 0 Å². The number of nitrogens with one attached hydrogen (secondary N) is 2. The second kappa shape index (κ2) is 7.83. The topological polar surface area (TPSA) is 58.2 Å². The van der Waals surface area contributed by atoms with Crippen molar-refractivity contribution >= 4 is 11.8 Å². The van der Waals surface area contributed by atoms with E-state index >= 15 is 0 Å².